The first-order valence-corrected chi connectivity index (χ1v) is 27.8. The maximum absolute atomic E-state index is 13.0. The Morgan fingerprint density at radius 3 is 2.10 bits per heavy atom. The molecule has 71 heavy (non-hydrogen) atoms. The maximum Gasteiger partial charge on any atom is 0.339 e. The summed E-state index contributed by atoms with van der Waals surface area (Å²) in [5.41, 5.74) is 6.29. The Morgan fingerprint density at radius 1 is 0.718 bits per heavy atom. The zero-order valence-corrected chi connectivity index (χ0v) is 43.8. The van der Waals surface area contributed by atoms with Gasteiger partial charge >= 0.3 is 11.9 Å². The van der Waals surface area contributed by atoms with Crippen LogP contribution in [0, 0.1) is 46.3 Å². The fraction of sp³-hybridized carbons (Fsp3) is 0.571. The molecule has 8 heteroatoms. The third-order valence-electron chi connectivity index (χ3n) is 17.6. The predicted octanol–water partition coefficient (Wildman–Crippen LogP) is 17.5. The predicted molar refractivity (Wildman–Crippen MR) is 288 cm³/mol. The van der Waals surface area contributed by atoms with Gasteiger partial charge in [0, 0.05) is 24.6 Å². The number of aliphatic imine (C=N–C) groups is 1. The van der Waals surface area contributed by atoms with Crippen LogP contribution in [0.15, 0.2) is 123 Å². The molecule has 8 atom stereocenters. The van der Waals surface area contributed by atoms with Crippen molar-refractivity contribution >= 4 is 35.2 Å². The van der Waals surface area contributed by atoms with Crippen molar-refractivity contribution in [1.82, 2.24) is 0 Å². The first-order chi connectivity index (χ1) is 34.5. The Morgan fingerprint density at radius 2 is 1.39 bits per heavy atom. The highest BCUT2D eigenvalue weighted by molar-refractivity contribution is 5.91. The molecule has 0 unspecified atom stereocenters. The Labute approximate surface area is 426 Å². The average Bonchev–Trinajstić information content (AvgIpc) is 4.04. The van der Waals surface area contributed by atoms with Gasteiger partial charge in [-0.1, -0.05) is 134 Å². The molecule has 0 aromatic heterocycles. The average molecular weight is 962 g/mol. The van der Waals surface area contributed by atoms with Crippen molar-refractivity contribution in [3.63, 3.8) is 0 Å². The van der Waals surface area contributed by atoms with Gasteiger partial charge in [-0.2, -0.15) is 10.2 Å². The second-order valence-corrected chi connectivity index (χ2v) is 22.8. The number of nitrogens with zero attached hydrogens (tertiary/aromatic N) is 3. The van der Waals surface area contributed by atoms with Gasteiger partial charge in [-0.3, -0.25) is 9.79 Å². The minimum absolute atomic E-state index is 0.0170. The lowest BCUT2D eigenvalue weighted by atomic mass is 9.47. The number of azo groups is 1. The number of rotatable bonds is 24. The van der Waals surface area contributed by atoms with Crippen LogP contribution in [0.3, 0.4) is 0 Å². The Balaban J connectivity index is 0.642. The highest BCUT2D eigenvalue weighted by Gasteiger charge is 2.59. The number of allylic oxidation sites excluding steroid dienone is 4. The molecule has 0 N–H and O–H groups in total. The minimum atomic E-state index is -0.325. The van der Waals surface area contributed by atoms with E-state index in [1.807, 2.05) is 72.8 Å². The van der Waals surface area contributed by atoms with Gasteiger partial charge < -0.3 is 14.2 Å². The molecule has 5 aliphatic rings. The van der Waals surface area contributed by atoms with E-state index in [1.165, 1.54) is 83.5 Å². The van der Waals surface area contributed by atoms with Crippen molar-refractivity contribution in [2.45, 2.75) is 176 Å². The molecule has 0 bridgehead atoms. The summed E-state index contributed by atoms with van der Waals surface area (Å²) in [6.07, 6.45) is 34.6. The van der Waals surface area contributed by atoms with Crippen molar-refractivity contribution < 1.29 is 23.8 Å². The fourth-order valence-corrected chi connectivity index (χ4v) is 13.5. The number of benzene rings is 3. The summed E-state index contributed by atoms with van der Waals surface area (Å²) >= 11 is 0. The van der Waals surface area contributed by atoms with Crippen LogP contribution in [-0.2, 0) is 14.3 Å². The van der Waals surface area contributed by atoms with Gasteiger partial charge in [0.1, 0.15) is 17.6 Å². The highest BCUT2D eigenvalue weighted by atomic mass is 16.5. The van der Waals surface area contributed by atoms with Crippen LogP contribution < -0.4 is 9.47 Å². The third kappa shape index (κ3) is 13.9. The van der Waals surface area contributed by atoms with Crippen molar-refractivity contribution in [1.29, 1.82) is 0 Å². The van der Waals surface area contributed by atoms with Crippen molar-refractivity contribution in [2.24, 2.45) is 61.6 Å². The van der Waals surface area contributed by atoms with Crippen LogP contribution in [0.5, 0.6) is 11.5 Å². The van der Waals surface area contributed by atoms with Crippen molar-refractivity contribution in [3.8, 4) is 11.5 Å². The molecule has 0 spiro atoms. The molecule has 380 valence electrons. The molecule has 8 nitrogen and oxygen atoms in total. The van der Waals surface area contributed by atoms with Crippen LogP contribution in [-0.4, -0.2) is 30.9 Å². The highest BCUT2D eigenvalue weighted by Crippen LogP contribution is 2.67. The van der Waals surface area contributed by atoms with E-state index in [1.54, 1.807) is 30.0 Å². The molecular formula is C63H83N3O5. The van der Waals surface area contributed by atoms with E-state index in [4.69, 9.17) is 14.2 Å². The molecular weight excluding hydrogens is 879 g/mol. The zero-order chi connectivity index (χ0) is 49.6. The summed E-state index contributed by atoms with van der Waals surface area (Å²) in [6, 6.07) is 22.6. The van der Waals surface area contributed by atoms with Crippen LogP contribution in [0.1, 0.15) is 175 Å². The summed E-state index contributed by atoms with van der Waals surface area (Å²) in [5, 5.41) is 8.79. The molecule has 5 aliphatic carbocycles. The number of hydrogen-bond acceptors (Lipinski definition) is 8. The molecule has 0 radical (unpaired) electrons. The molecule has 0 amide bonds. The SMILES string of the molecule is CC(C)CCC[C@@H](C)[C@H]1CC[C@H]2[C@@H]3CC=C4C[C@@H](OC(=O)CCCCCCCCCCOc5ccc(N=Nc6ccc(C=Nc7ccc(OC(=O)C8=CC=CC8)cc7)cc6)cc5)CC[C@]4(C)[C@H]3CC[C@]12C. The smallest absolute Gasteiger partial charge is 0.339 e. The number of carbonyl (C=O) groups is 2. The number of ether oxygens (including phenoxy) is 3. The van der Waals surface area contributed by atoms with Crippen LogP contribution in [0.25, 0.3) is 0 Å². The second-order valence-electron chi connectivity index (χ2n) is 22.8. The summed E-state index contributed by atoms with van der Waals surface area (Å²) in [6.45, 7) is 13.3. The summed E-state index contributed by atoms with van der Waals surface area (Å²) in [4.78, 5) is 29.7. The Hall–Kier alpha value is -5.11. The number of esters is 2. The Kier molecular flexibility index (Phi) is 18.4. The minimum Gasteiger partial charge on any atom is -0.494 e. The molecule has 0 saturated heterocycles. The lowest BCUT2D eigenvalue weighted by molar-refractivity contribution is -0.151. The topological polar surface area (TPSA) is 98.9 Å². The molecule has 0 aliphatic heterocycles. The normalized spacial score (nSPS) is 26.2. The Bertz CT molecular complexity index is 2360. The molecule has 3 fully saturated rings. The van der Waals surface area contributed by atoms with E-state index in [0.717, 1.165) is 102 Å². The number of carbonyl (C=O) groups excluding carboxylic acids is 2. The number of unbranched alkanes of at least 4 members (excludes halogenated alkanes) is 7. The molecule has 3 aromatic rings. The first-order valence-electron chi connectivity index (χ1n) is 27.8. The van der Waals surface area contributed by atoms with Gasteiger partial charge in [0.05, 0.1) is 23.7 Å². The number of fused-ring (bicyclic) bond motifs is 5. The van der Waals surface area contributed by atoms with Gasteiger partial charge in [0.25, 0.3) is 0 Å². The van der Waals surface area contributed by atoms with Crippen LogP contribution in [0.4, 0.5) is 17.1 Å². The summed E-state index contributed by atoms with van der Waals surface area (Å²) in [5.74, 6) is 6.13. The summed E-state index contributed by atoms with van der Waals surface area (Å²) in [7, 11) is 0. The van der Waals surface area contributed by atoms with E-state index in [2.05, 4.69) is 55.9 Å². The van der Waals surface area contributed by atoms with Gasteiger partial charge in [0.15, 0.2) is 0 Å². The molecule has 8 rings (SSSR count). The van der Waals surface area contributed by atoms with E-state index in [-0.39, 0.29) is 18.0 Å². The monoisotopic (exact) mass is 962 g/mol. The lowest BCUT2D eigenvalue weighted by Crippen LogP contribution is -2.51. The van der Waals surface area contributed by atoms with E-state index in [0.29, 0.717) is 41.6 Å². The second kappa shape index (κ2) is 25.0. The van der Waals surface area contributed by atoms with Crippen molar-refractivity contribution in [2.75, 3.05) is 6.61 Å². The quantitative estimate of drug-likeness (QED) is 0.0222. The molecule has 0 heterocycles. The maximum atomic E-state index is 13.0. The van der Waals surface area contributed by atoms with E-state index < -0.39 is 0 Å². The van der Waals surface area contributed by atoms with Gasteiger partial charge in [-0.25, -0.2) is 4.79 Å². The van der Waals surface area contributed by atoms with E-state index in [9.17, 15) is 9.59 Å². The first kappa shape index (κ1) is 52.2. The largest absolute Gasteiger partial charge is 0.494 e. The van der Waals surface area contributed by atoms with Gasteiger partial charge in [-0.15, -0.1) is 0 Å². The van der Waals surface area contributed by atoms with Gasteiger partial charge in [-0.05, 0) is 177 Å². The lowest BCUT2D eigenvalue weighted by Gasteiger charge is -2.58. The fourth-order valence-electron chi connectivity index (χ4n) is 13.5. The molecule has 3 saturated carbocycles. The number of hydrogen-bond donors (Lipinski definition) is 0. The molecule has 3 aromatic carbocycles. The van der Waals surface area contributed by atoms with Crippen molar-refractivity contribution in [3.05, 3.63) is 114 Å². The zero-order valence-electron chi connectivity index (χ0n) is 43.8. The summed E-state index contributed by atoms with van der Waals surface area (Å²) < 4.78 is 17.6. The van der Waals surface area contributed by atoms with Crippen LogP contribution in [0.2, 0.25) is 0 Å². The van der Waals surface area contributed by atoms with E-state index >= 15 is 0 Å². The van der Waals surface area contributed by atoms with Gasteiger partial charge in [0.2, 0.25) is 0 Å². The standard InChI is InChI=1S/C63H83N3O5/c1-45(2)17-16-18-46(3)57-36-37-58-56-35-24-49-43-55(38-40-62(49,4)59(56)39-41-63(57,58)5)70-60(67)21-12-10-8-6-7-9-11-15-42-69-53-31-29-52(30-32-53)66-65-51-25-22-47(23-26-51)44-64-50-27-33-54(34-28-50)71-61(68)48-19-13-14-20-48/h13-14,19,22-34,44-46,55-59H,6-12,15-18,20-21,35-43H2,1-5H3/t46-,55+,56+,57-,58+,59+,62+,63-/m1/s1. The van der Waals surface area contributed by atoms with Crippen LogP contribution >= 0.6 is 0 Å². The third-order valence-corrected chi connectivity index (χ3v) is 17.6.